The summed E-state index contributed by atoms with van der Waals surface area (Å²) in [4.78, 5) is 4.75. The standard InChI is InChI=1S/C15H18FN3/c16-11-4-3-10-9-19(15(17)12(10)8-11)14-5-7-18-6-1-2-13(14)18/h3-4,8,13-14,17H,1-2,5-7,9H2. The average molecular weight is 259 g/mol. The molecule has 1 N–H and O–H groups in total. The van der Waals surface area contributed by atoms with Crippen molar-refractivity contribution < 1.29 is 4.39 Å². The SMILES string of the molecule is N=C1c2cc(F)ccc2CN1C1CCN2CCCC12. The van der Waals surface area contributed by atoms with Gasteiger partial charge >= 0.3 is 0 Å². The van der Waals surface area contributed by atoms with E-state index in [1.54, 1.807) is 0 Å². The van der Waals surface area contributed by atoms with Crippen molar-refractivity contribution in [1.29, 1.82) is 5.41 Å². The summed E-state index contributed by atoms with van der Waals surface area (Å²) in [6.45, 7) is 3.15. The second kappa shape index (κ2) is 4.04. The lowest BCUT2D eigenvalue weighted by Gasteiger charge is -2.30. The fourth-order valence-electron chi connectivity index (χ4n) is 4.03. The van der Waals surface area contributed by atoms with E-state index in [1.165, 1.54) is 31.5 Å². The van der Waals surface area contributed by atoms with Crippen LogP contribution in [0.1, 0.15) is 30.4 Å². The van der Waals surface area contributed by atoms with Crippen LogP contribution in [0.3, 0.4) is 0 Å². The van der Waals surface area contributed by atoms with E-state index in [0.717, 1.165) is 30.6 Å². The van der Waals surface area contributed by atoms with Crippen molar-refractivity contribution in [2.24, 2.45) is 0 Å². The molecule has 0 saturated carbocycles. The van der Waals surface area contributed by atoms with Crippen molar-refractivity contribution in [2.75, 3.05) is 13.1 Å². The predicted octanol–water partition coefficient (Wildman–Crippen LogP) is 2.20. The van der Waals surface area contributed by atoms with Gasteiger partial charge in [0.05, 0.1) is 0 Å². The largest absolute Gasteiger partial charge is 0.348 e. The Kier molecular flexibility index (Phi) is 2.42. The molecular weight excluding hydrogens is 241 g/mol. The number of amidine groups is 1. The minimum Gasteiger partial charge on any atom is -0.348 e. The van der Waals surface area contributed by atoms with Crippen LogP contribution in [0.25, 0.3) is 0 Å². The maximum Gasteiger partial charge on any atom is 0.129 e. The first-order valence-electron chi connectivity index (χ1n) is 7.12. The highest BCUT2D eigenvalue weighted by Gasteiger charge is 2.43. The number of nitrogens with zero attached hydrogens (tertiary/aromatic N) is 2. The van der Waals surface area contributed by atoms with Crippen LogP contribution in [0.2, 0.25) is 0 Å². The van der Waals surface area contributed by atoms with Crippen LogP contribution in [0.5, 0.6) is 0 Å². The molecule has 3 aliphatic rings. The lowest BCUT2D eigenvalue weighted by molar-refractivity contribution is 0.235. The number of benzene rings is 1. The summed E-state index contributed by atoms with van der Waals surface area (Å²) in [6, 6.07) is 5.91. The maximum atomic E-state index is 13.3. The molecule has 2 saturated heterocycles. The van der Waals surface area contributed by atoms with E-state index in [0.29, 0.717) is 17.9 Å². The van der Waals surface area contributed by atoms with Gasteiger partial charge in [0.25, 0.3) is 0 Å². The number of rotatable bonds is 1. The first kappa shape index (κ1) is 11.4. The molecule has 0 amide bonds. The van der Waals surface area contributed by atoms with Gasteiger partial charge in [-0.05, 0) is 43.5 Å². The Morgan fingerprint density at radius 1 is 1.16 bits per heavy atom. The molecule has 4 rings (SSSR count). The minimum absolute atomic E-state index is 0.237. The van der Waals surface area contributed by atoms with Crippen LogP contribution in [0.15, 0.2) is 18.2 Å². The highest BCUT2D eigenvalue weighted by molar-refractivity contribution is 6.00. The molecule has 4 heteroatoms. The van der Waals surface area contributed by atoms with Crippen molar-refractivity contribution >= 4 is 5.84 Å². The smallest absolute Gasteiger partial charge is 0.129 e. The summed E-state index contributed by atoms with van der Waals surface area (Å²) >= 11 is 0. The first-order chi connectivity index (χ1) is 9.24. The van der Waals surface area contributed by atoms with Crippen molar-refractivity contribution in [1.82, 2.24) is 9.80 Å². The Bertz CT molecular complexity index is 542. The molecule has 19 heavy (non-hydrogen) atoms. The molecule has 0 bridgehead atoms. The molecule has 3 heterocycles. The Hall–Kier alpha value is -1.42. The summed E-state index contributed by atoms with van der Waals surface area (Å²) < 4.78 is 13.3. The molecule has 0 aliphatic carbocycles. The number of fused-ring (bicyclic) bond motifs is 2. The third kappa shape index (κ3) is 1.62. The Labute approximate surface area is 112 Å². The molecular formula is C15H18FN3. The third-order valence-corrected chi connectivity index (χ3v) is 4.93. The highest BCUT2D eigenvalue weighted by Crippen LogP contribution is 2.35. The number of nitrogens with one attached hydrogen (secondary N) is 1. The molecule has 100 valence electrons. The van der Waals surface area contributed by atoms with Crippen LogP contribution in [-0.4, -0.2) is 40.8 Å². The maximum absolute atomic E-state index is 13.3. The van der Waals surface area contributed by atoms with Gasteiger partial charge in [-0.2, -0.15) is 0 Å². The summed E-state index contributed by atoms with van der Waals surface area (Å²) in [5, 5.41) is 8.34. The van der Waals surface area contributed by atoms with E-state index in [2.05, 4.69) is 9.80 Å². The summed E-state index contributed by atoms with van der Waals surface area (Å²) in [5.41, 5.74) is 1.89. The quantitative estimate of drug-likeness (QED) is 0.838. The van der Waals surface area contributed by atoms with E-state index < -0.39 is 0 Å². The molecule has 1 aromatic rings. The van der Waals surface area contributed by atoms with Gasteiger partial charge in [0.15, 0.2) is 0 Å². The second-order valence-corrected chi connectivity index (χ2v) is 5.88. The van der Waals surface area contributed by atoms with Crippen LogP contribution in [-0.2, 0) is 6.54 Å². The van der Waals surface area contributed by atoms with Crippen LogP contribution in [0.4, 0.5) is 4.39 Å². The monoisotopic (exact) mass is 259 g/mol. The molecule has 2 fully saturated rings. The Morgan fingerprint density at radius 2 is 2.05 bits per heavy atom. The minimum atomic E-state index is -0.237. The van der Waals surface area contributed by atoms with Gasteiger partial charge in [0, 0.05) is 30.7 Å². The van der Waals surface area contributed by atoms with Gasteiger partial charge in [-0.25, -0.2) is 4.39 Å². The summed E-state index contributed by atoms with van der Waals surface area (Å²) in [6.07, 6.45) is 3.67. The van der Waals surface area contributed by atoms with Crippen LogP contribution in [0, 0.1) is 11.2 Å². The zero-order valence-electron chi connectivity index (χ0n) is 10.9. The van der Waals surface area contributed by atoms with Crippen LogP contribution < -0.4 is 0 Å². The Balaban J connectivity index is 1.63. The van der Waals surface area contributed by atoms with Crippen molar-refractivity contribution in [3.63, 3.8) is 0 Å². The van der Waals surface area contributed by atoms with Gasteiger partial charge in [-0.1, -0.05) is 6.07 Å². The average Bonchev–Trinajstić information content (AvgIpc) is 3.05. The summed E-state index contributed by atoms with van der Waals surface area (Å²) in [7, 11) is 0. The van der Waals surface area contributed by atoms with Gasteiger partial charge in [-0.3, -0.25) is 10.3 Å². The van der Waals surface area contributed by atoms with Gasteiger partial charge in [0.1, 0.15) is 11.7 Å². The zero-order valence-corrected chi connectivity index (χ0v) is 10.9. The lowest BCUT2D eigenvalue weighted by Crippen LogP contribution is -2.42. The number of hydrogen-bond donors (Lipinski definition) is 1. The van der Waals surface area contributed by atoms with Crippen LogP contribution >= 0.6 is 0 Å². The number of hydrogen-bond acceptors (Lipinski definition) is 2. The zero-order chi connectivity index (χ0) is 13.0. The van der Waals surface area contributed by atoms with Crippen molar-refractivity contribution in [2.45, 2.75) is 37.9 Å². The Morgan fingerprint density at radius 3 is 2.95 bits per heavy atom. The molecule has 0 spiro atoms. The number of halogens is 1. The molecule has 3 aliphatic heterocycles. The molecule has 0 aromatic heterocycles. The fraction of sp³-hybridized carbons (Fsp3) is 0.533. The van der Waals surface area contributed by atoms with Gasteiger partial charge < -0.3 is 4.90 Å². The van der Waals surface area contributed by atoms with E-state index in [-0.39, 0.29) is 5.82 Å². The molecule has 1 aromatic carbocycles. The molecule has 2 atom stereocenters. The topological polar surface area (TPSA) is 30.3 Å². The second-order valence-electron chi connectivity index (χ2n) is 5.88. The first-order valence-corrected chi connectivity index (χ1v) is 7.12. The molecule has 3 nitrogen and oxygen atoms in total. The van der Waals surface area contributed by atoms with E-state index in [9.17, 15) is 4.39 Å². The predicted molar refractivity (Wildman–Crippen MR) is 71.8 cm³/mol. The normalized spacial score (nSPS) is 29.9. The molecule has 0 radical (unpaired) electrons. The van der Waals surface area contributed by atoms with Crippen molar-refractivity contribution in [3.8, 4) is 0 Å². The van der Waals surface area contributed by atoms with E-state index in [1.807, 2.05) is 6.07 Å². The third-order valence-electron chi connectivity index (χ3n) is 4.93. The van der Waals surface area contributed by atoms with Gasteiger partial charge in [0.2, 0.25) is 0 Å². The highest BCUT2D eigenvalue weighted by atomic mass is 19.1. The van der Waals surface area contributed by atoms with E-state index >= 15 is 0 Å². The lowest BCUT2D eigenvalue weighted by atomic mass is 10.1. The van der Waals surface area contributed by atoms with Crippen molar-refractivity contribution in [3.05, 3.63) is 35.1 Å². The molecule has 2 unspecified atom stereocenters. The van der Waals surface area contributed by atoms with E-state index in [4.69, 9.17) is 5.41 Å². The summed E-state index contributed by atoms with van der Waals surface area (Å²) in [5.74, 6) is 0.285. The van der Waals surface area contributed by atoms with Gasteiger partial charge in [-0.15, -0.1) is 0 Å². The fourth-order valence-corrected chi connectivity index (χ4v) is 4.03.